The first-order valence-electron chi connectivity index (χ1n) is 4.37. The summed E-state index contributed by atoms with van der Waals surface area (Å²) in [6.45, 7) is 0. The Morgan fingerprint density at radius 1 is 1.27 bits per heavy atom. The van der Waals surface area contributed by atoms with Crippen molar-refractivity contribution >= 4 is 17.1 Å². The van der Waals surface area contributed by atoms with Gasteiger partial charge in [-0.3, -0.25) is 4.79 Å². The van der Waals surface area contributed by atoms with Crippen molar-refractivity contribution < 1.29 is 9.90 Å². The maximum Gasteiger partial charge on any atom is 0.154 e. The molecule has 2 aromatic rings. The Balaban J connectivity index is 2.89. The Morgan fingerprint density at radius 2 is 2.00 bits per heavy atom. The van der Waals surface area contributed by atoms with E-state index in [1.54, 1.807) is 24.3 Å². The minimum Gasteiger partial charge on any atom is -0.507 e. The van der Waals surface area contributed by atoms with Gasteiger partial charge in [0.1, 0.15) is 5.75 Å². The lowest BCUT2D eigenvalue weighted by Gasteiger charge is -2.03. The molecule has 15 heavy (non-hydrogen) atoms. The Kier molecular flexibility index (Phi) is 2.11. The van der Waals surface area contributed by atoms with Gasteiger partial charge in [0, 0.05) is 0 Å². The van der Waals surface area contributed by atoms with Crippen molar-refractivity contribution in [3.8, 4) is 11.8 Å². The summed E-state index contributed by atoms with van der Waals surface area (Å²) in [6, 6.07) is 10.2. The summed E-state index contributed by atoms with van der Waals surface area (Å²) in [5, 5.41) is 19.6. The number of aldehydes is 1. The molecule has 0 radical (unpaired) electrons. The van der Waals surface area contributed by atoms with Crippen molar-refractivity contribution in [2.75, 3.05) is 0 Å². The van der Waals surface area contributed by atoms with E-state index in [1.165, 1.54) is 6.07 Å². The molecule has 3 nitrogen and oxygen atoms in total. The van der Waals surface area contributed by atoms with Gasteiger partial charge in [-0.25, -0.2) is 0 Å². The standard InChI is InChI=1S/C12H7NO2/c13-6-8-1-2-9-3-4-12(15)11(7-14)10(9)5-8/h1-5,7,15H. The van der Waals surface area contributed by atoms with Gasteiger partial charge in [-0.2, -0.15) is 5.26 Å². The van der Waals surface area contributed by atoms with Crippen molar-refractivity contribution in [3.05, 3.63) is 41.5 Å². The van der Waals surface area contributed by atoms with Crippen LogP contribution in [-0.4, -0.2) is 11.4 Å². The second-order valence-electron chi connectivity index (χ2n) is 3.16. The molecule has 0 saturated heterocycles. The van der Waals surface area contributed by atoms with Gasteiger partial charge in [0.2, 0.25) is 0 Å². The molecule has 0 amide bonds. The van der Waals surface area contributed by atoms with Crippen molar-refractivity contribution in [2.24, 2.45) is 0 Å². The fourth-order valence-corrected chi connectivity index (χ4v) is 1.52. The summed E-state index contributed by atoms with van der Waals surface area (Å²) in [5.41, 5.74) is 0.695. The number of hydrogen-bond acceptors (Lipinski definition) is 3. The molecule has 0 aliphatic rings. The second kappa shape index (κ2) is 3.43. The number of fused-ring (bicyclic) bond motifs is 1. The summed E-state index contributed by atoms with van der Waals surface area (Å²) < 4.78 is 0. The van der Waals surface area contributed by atoms with Crippen LogP contribution >= 0.6 is 0 Å². The third-order valence-electron chi connectivity index (χ3n) is 2.29. The summed E-state index contributed by atoms with van der Waals surface area (Å²) in [4.78, 5) is 10.8. The highest BCUT2D eigenvalue weighted by Gasteiger charge is 2.06. The molecule has 0 saturated carbocycles. The first-order valence-corrected chi connectivity index (χ1v) is 4.37. The minimum atomic E-state index is -0.0624. The normalized spacial score (nSPS) is 9.80. The van der Waals surface area contributed by atoms with E-state index < -0.39 is 0 Å². The van der Waals surface area contributed by atoms with Crippen LogP contribution < -0.4 is 0 Å². The van der Waals surface area contributed by atoms with Crippen LogP contribution in [0.5, 0.6) is 5.75 Å². The van der Waals surface area contributed by atoms with Gasteiger partial charge in [0.25, 0.3) is 0 Å². The van der Waals surface area contributed by atoms with Crippen molar-refractivity contribution in [3.63, 3.8) is 0 Å². The highest BCUT2D eigenvalue weighted by Crippen LogP contribution is 2.26. The summed E-state index contributed by atoms with van der Waals surface area (Å²) >= 11 is 0. The molecule has 3 heteroatoms. The first kappa shape index (κ1) is 9.22. The first-order chi connectivity index (χ1) is 7.26. The van der Waals surface area contributed by atoms with Crippen LogP contribution in [0.2, 0.25) is 0 Å². The van der Waals surface area contributed by atoms with E-state index >= 15 is 0 Å². The average molecular weight is 197 g/mol. The number of benzene rings is 2. The number of phenols is 1. The van der Waals surface area contributed by atoms with Crippen LogP contribution in [-0.2, 0) is 0 Å². The van der Waals surface area contributed by atoms with Crippen molar-refractivity contribution in [1.82, 2.24) is 0 Å². The topological polar surface area (TPSA) is 61.1 Å². The third-order valence-corrected chi connectivity index (χ3v) is 2.29. The quantitative estimate of drug-likeness (QED) is 0.713. The molecule has 0 bridgehead atoms. The molecule has 0 aromatic heterocycles. The van der Waals surface area contributed by atoms with Crippen LogP contribution in [0.15, 0.2) is 30.3 Å². The lowest BCUT2D eigenvalue weighted by atomic mass is 10.0. The molecule has 0 atom stereocenters. The molecule has 0 spiro atoms. The van der Waals surface area contributed by atoms with Gasteiger partial charge in [0.05, 0.1) is 17.2 Å². The zero-order valence-electron chi connectivity index (χ0n) is 7.77. The van der Waals surface area contributed by atoms with Crippen molar-refractivity contribution in [2.45, 2.75) is 0 Å². The lowest BCUT2D eigenvalue weighted by molar-refractivity contribution is 0.112. The number of phenolic OH excluding ortho intramolecular Hbond substituents is 1. The molecule has 0 fully saturated rings. The van der Waals surface area contributed by atoms with E-state index in [0.29, 0.717) is 17.2 Å². The van der Waals surface area contributed by atoms with Gasteiger partial charge in [0.15, 0.2) is 6.29 Å². The minimum absolute atomic E-state index is 0.0624. The van der Waals surface area contributed by atoms with E-state index in [0.717, 1.165) is 5.39 Å². The van der Waals surface area contributed by atoms with Crippen LogP contribution in [0.1, 0.15) is 15.9 Å². The fraction of sp³-hybridized carbons (Fsp3) is 0. The van der Waals surface area contributed by atoms with Crippen LogP contribution in [0.3, 0.4) is 0 Å². The van der Waals surface area contributed by atoms with Gasteiger partial charge in [-0.15, -0.1) is 0 Å². The third kappa shape index (κ3) is 1.42. The fourth-order valence-electron chi connectivity index (χ4n) is 1.52. The summed E-state index contributed by atoms with van der Waals surface area (Å²) in [5.74, 6) is -0.0624. The number of carbonyl (C=O) groups excluding carboxylic acids is 1. The molecule has 0 aliphatic carbocycles. The van der Waals surface area contributed by atoms with Crippen LogP contribution in [0.4, 0.5) is 0 Å². The number of carbonyl (C=O) groups is 1. The average Bonchev–Trinajstić information content (AvgIpc) is 2.28. The lowest BCUT2D eigenvalue weighted by Crippen LogP contribution is -1.86. The van der Waals surface area contributed by atoms with E-state index in [9.17, 15) is 9.90 Å². The second-order valence-corrected chi connectivity index (χ2v) is 3.16. The number of hydrogen-bond donors (Lipinski definition) is 1. The Bertz CT molecular complexity index is 582. The Morgan fingerprint density at radius 3 is 2.67 bits per heavy atom. The highest BCUT2D eigenvalue weighted by atomic mass is 16.3. The number of aromatic hydroxyl groups is 1. The Labute approximate surface area is 86.2 Å². The molecule has 0 heterocycles. The molecular formula is C12H7NO2. The zero-order chi connectivity index (χ0) is 10.8. The molecule has 2 aromatic carbocycles. The van der Waals surface area contributed by atoms with Gasteiger partial charge < -0.3 is 5.11 Å². The van der Waals surface area contributed by atoms with E-state index in [4.69, 9.17) is 5.26 Å². The predicted molar refractivity (Wildman–Crippen MR) is 55.7 cm³/mol. The molecule has 1 N–H and O–H groups in total. The number of rotatable bonds is 1. The van der Waals surface area contributed by atoms with Crippen molar-refractivity contribution in [1.29, 1.82) is 5.26 Å². The number of nitriles is 1. The Hall–Kier alpha value is -2.34. The smallest absolute Gasteiger partial charge is 0.154 e. The zero-order valence-corrected chi connectivity index (χ0v) is 7.77. The molecule has 72 valence electrons. The molecule has 0 aliphatic heterocycles. The van der Waals surface area contributed by atoms with E-state index in [2.05, 4.69) is 0 Å². The summed E-state index contributed by atoms with van der Waals surface area (Å²) in [7, 11) is 0. The highest BCUT2D eigenvalue weighted by molar-refractivity contribution is 6.01. The van der Waals surface area contributed by atoms with Gasteiger partial charge in [-0.1, -0.05) is 12.1 Å². The molecule has 0 unspecified atom stereocenters. The maximum absolute atomic E-state index is 10.8. The summed E-state index contributed by atoms with van der Waals surface area (Å²) in [6.07, 6.45) is 0.596. The van der Waals surface area contributed by atoms with Crippen LogP contribution in [0, 0.1) is 11.3 Å². The van der Waals surface area contributed by atoms with E-state index in [1.807, 2.05) is 6.07 Å². The predicted octanol–water partition coefficient (Wildman–Crippen LogP) is 2.23. The molecular weight excluding hydrogens is 190 g/mol. The SMILES string of the molecule is N#Cc1ccc2ccc(O)c(C=O)c2c1. The number of nitrogens with zero attached hydrogens (tertiary/aromatic N) is 1. The largest absolute Gasteiger partial charge is 0.507 e. The van der Waals surface area contributed by atoms with Gasteiger partial charge in [-0.05, 0) is 29.0 Å². The van der Waals surface area contributed by atoms with Crippen LogP contribution in [0.25, 0.3) is 10.8 Å². The van der Waals surface area contributed by atoms with Gasteiger partial charge >= 0.3 is 0 Å². The maximum atomic E-state index is 10.8. The van der Waals surface area contributed by atoms with E-state index in [-0.39, 0.29) is 11.3 Å². The molecule has 2 rings (SSSR count). The monoisotopic (exact) mass is 197 g/mol.